The minimum atomic E-state index is -0.929. The number of carbonyl (C=O) groups is 1. The second kappa shape index (κ2) is 5.78. The fourth-order valence-electron chi connectivity index (χ4n) is 0.775. The largest absolute Gasteiger partial charge is 0.480 e. The molecule has 0 radical (unpaired) electrons. The van der Waals surface area contributed by atoms with Crippen molar-refractivity contribution in [3.63, 3.8) is 0 Å². The number of rotatable bonds is 6. The van der Waals surface area contributed by atoms with Crippen molar-refractivity contribution in [2.75, 3.05) is 17.8 Å². The second-order valence-corrected chi connectivity index (χ2v) is 6.00. The van der Waals surface area contributed by atoms with E-state index in [4.69, 9.17) is 10.8 Å². The maximum atomic E-state index is 10.6. The summed E-state index contributed by atoms with van der Waals surface area (Å²) in [6, 6.07) is -0.792. The van der Waals surface area contributed by atoms with Gasteiger partial charge in [-0.1, -0.05) is 0 Å². The molecule has 0 rings (SSSR count). The third-order valence-electron chi connectivity index (χ3n) is 1.78. The van der Waals surface area contributed by atoms with Crippen LogP contribution in [0, 0.1) is 0 Å². The summed E-state index contributed by atoms with van der Waals surface area (Å²) in [5.74, 6) is 1.04. The summed E-state index contributed by atoms with van der Waals surface area (Å²) in [5.41, 5.74) is 5.55. The highest BCUT2D eigenvalue weighted by molar-refractivity contribution is 8.03. The van der Waals surface area contributed by atoms with Gasteiger partial charge in [-0.05, 0) is 20.1 Å². The average molecular weight is 223 g/mol. The molecular formula is C8H17NO2S2. The van der Waals surface area contributed by atoms with Crippen LogP contribution >= 0.6 is 23.5 Å². The zero-order valence-corrected chi connectivity index (χ0v) is 9.87. The molecule has 0 aromatic heterocycles. The number of hydrogen-bond acceptors (Lipinski definition) is 4. The lowest BCUT2D eigenvalue weighted by Gasteiger charge is -2.27. The van der Waals surface area contributed by atoms with E-state index in [2.05, 4.69) is 0 Å². The molecule has 0 heterocycles. The van der Waals surface area contributed by atoms with Crippen molar-refractivity contribution in [2.45, 2.75) is 24.6 Å². The summed E-state index contributed by atoms with van der Waals surface area (Å²) in [6.07, 6.45) is 2.03. The standard InChI is InChI=1S/C8H17NO2S2/c1-8(2,6(9)7(10)11)13-5-4-12-3/h6H,4-5,9H2,1-3H3,(H,10,11)/t6-/m0/s1. The molecule has 0 saturated carbocycles. The molecule has 0 aliphatic heterocycles. The third kappa shape index (κ3) is 4.78. The van der Waals surface area contributed by atoms with Gasteiger partial charge in [-0.15, -0.1) is 0 Å². The van der Waals surface area contributed by atoms with Crippen molar-refractivity contribution >= 4 is 29.5 Å². The highest BCUT2D eigenvalue weighted by Gasteiger charge is 2.32. The van der Waals surface area contributed by atoms with Crippen LogP contribution in [0.1, 0.15) is 13.8 Å². The minimum Gasteiger partial charge on any atom is -0.480 e. The van der Waals surface area contributed by atoms with E-state index in [9.17, 15) is 4.79 Å². The molecule has 0 bridgehead atoms. The van der Waals surface area contributed by atoms with Gasteiger partial charge < -0.3 is 10.8 Å². The van der Waals surface area contributed by atoms with Crippen LogP contribution in [0.4, 0.5) is 0 Å². The second-order valence-electron chi connectivity index (χ2n) is 3.26. The van der Waals surface area contributed by atoms with Gasteiger partial charge in [0.25, 0.3) is 0 Å². The van der Waals surface area contributed by atoms with Crippen molar-refractivity contribution in [2.24, 2.45) is 5.73 Å². The van der Waals surface area contributed by atoms with Crippen molar-refractivity contribution in [1.29, 1.82) is 0 Å². The van der Waals surface area contributed by atoms with Gasteiger partial charge in [0.2, 0.25) is 0 Å². The maximum Gasteiger partial charge on any atom is 0.321 e. The van der Waals surface area contributed by atoms with Gasteiger partial charge in [-0.2, -0.15) is 23.5 Å². The Kier molecular flexibility index (Phi) is 5.83. The molecule has 0 aliphatic rings. The number of carboxylic acid groups (broad SMARTS) is 1. The highest BCUT2D eigenvalue weighted by Crippen LogP contribution is 2.27. The smallest absolute Gasteiger partial charge is 0.321 e. The van der Waals surface area contributed by atoms with Gasteiger partial charge in [0.1, 0.15) is 6.04 Å². The van der Waals surface area contributed by atoms with E-state index < -0.39 is 12.0 Å². The van der Waals surface area contributed by atoms with E-state index in [0.29, 0.717) is 0 Å². The predicted octanol–water partition coefficient (Wildman–Crippen LogP) is 1.27. The van der Waals surface area contributed by atoms with Crippen LogP contribution in [0.2, 0.25) is 0 Å². The first-order valence-electron chi connectivity index (χ1n) is 4.03. The molecule has 0 unspecified atom stereocenters. The van der Waals surface area contributed by atoms with Gasteiger partial charge in [-0.3, -0.25) is 4.79 Å². The Morgan fingerprint density at radius 3 is 2.46 bits per heavy atom. The molecule has 0 spiro atoms. The van der Waals surface area contributed by atoms with Gasteiger partial charge >= 0.3 is 5.97 Å². The Morgan fingerprint density at radius 2 is 2.08 bits per heavy atom. The first-order valence-corrected chi connectivity index (χ1v) is 6.41. The fraction of sp³-hybridized carbons (Fsp3) is 0.875. The number of thioether (sulfide) groups is 2. The van der Waals surface area contributed by atoms with E-state index in [0.717, 1.165) is 11.5 Å². The van der Waals surface area contributed by atoms with Gasteiger partial charge in [0, 0.05) is 16.3 Å². The Labute approximate surface area is 87.8 Å². The Hall–Kier alpha value is 0.130. The summed E-state index contributed by atoms with van der Waals surface area (Å²) in [6.45, 7) is 3.74. The molecular weight excluding hydrogens is 206 g/mol. The summed E-state index contributed by atoms with van der Waals surface area (Å²) in [7, 11) is 0. The first kappa shape index (κ1) is 13.1. The van der Waals surface area contributed by atoms with Gasteiger partial charge in [0.15, 0.2) is 0 Å². The van der Waals surface area contributed by atoms with E-state index in [1.54, 1.807) is 23.5 Å². The van der Waals surface area contributed by atoms with E-state index in [-0.39, 0.29) is 4.75 Å². The molecule has 0 fully saturated rings. The van der Waals surface area contributed by atoms with Crippen molar-refractivity contribution in [1.82, 2.24) is 0 Å². The van der Waals surface area contributed by atoms with Crippen LogP contribution in [0.3, 0.4) is 0 Å². The monoisotopic (exact) mass is 223 g/mol. The Balaban J connectivity index is 3.98. The molecule has 0 aromatic carbocycles. The maximum absolute atomic E-state index is 10.6. The first-order chi connectivity index (χ1) is 5.91. The third-order valence-corrected chi connectivity index (χ3v) is 4.05. The fourth-order valence-corrected chi connectivity index (χ4v) is 2.58. The normalized spacial score (nSPS) is 14.2. The topological polar surface area (TPSA) is 63.3 Å². The zero-order valence-electron chi connectivity index (χ0n) is 8.24. The van der Waals surface area contributed by atoms with Crippen molar-refractivity contribution < 1.29 is 9.90 Å². The highest BCUT2D eigenvalue weighted by atomic mass is 32.2. The predicted molar refractivity (Wildman–Crippen MR) is 60.5 cm³/mol. The quantitative estimate of drug-likeness (QED) is 0.664. The van der Waals surface area contributed by atoms with E-state index in [1.165, 1.54) is 0 Å². The van der Waals surface area contributed by atoms with E-state index >= 15 is 0 Å². The summed E-state index contributed by atoms with van der Waals surface area (Å²) >= 11 is 3.37. The molecule has 1 atom stereocenters. The Morgan fingerprint density at radius 1 is 1.54 bits per heavy atom. The van der Waals surface area contributed by atoms with Crippen LogP contribution in [0.5, 0.6) is 0 Å². The van der Waals surface area contributed by atoms with Crippen LogP contribution < -0.4 is 5.73 Å². The molecule has 3 nitrogen and oxygen atoms in total. The lowest BCUT2D eigenvalue weighted by atomic mass is 10.1. The molecule has 3 N–H and O–H groups in total. The van der Waals surface area contributed by atoms with E-state index in [1.807, 2.05) is 20.1 Å². The summed E-state index contributed by atoms with van der Waals surface area (Å²) in [4.78, 5) is 10.6. The van der Waals surface area contributed by atoms with Crippen molar-refractivity contribution in [3.8, 4) is 0 Å². The van der Waals surface area contributed by atoms with Crippen LogP contribution in [0.25, 0.3) is 0 Å². The summed E-state index contributed by atoms with van der Waals surface area (Å²) < 4.78 is -0.387. The molecule has 0 saturated heterocycles. The number of carboxylic acids is 1. The molecule has 5 heteroatoms. The molecule has 0 amide bonds. The SMILES string of the molecule is CSCCSC(C)(C)[C@@H](N)C(=O)O. The van der Waals surface area contributed by atoms with Gasteiger partial charge in [-0.25, -0.2) is 0 Å². The molecule has 0 aliphatic carbocycles. The molecule has 13 heavy (non-hydrogen) atoms. The van der Waals surface area contributed by atoms with Gasteiger partial charge in [0.05, 0.1) is 0 Å². The Bertz CT molecular complexity index is 174. The molecule has 78 valence electrons. The van der Waals surface area contributed by atoms with Crippen molar-refractivity contribution in [3.05, 3.63) is 0 Å². The van der Waals surface area contributed by atoms with Crippen LogP contribution in [-0.2, 0) is 4.79 Å². The number of nitrogens with two attached hydrogens (primary N) is 1. The number of aliphatic carboxylic acids is 1. The lowest BCUT2D eigenvalue weighted by molar-refractivity contribution is -0.139. The number of hydrogen-bond donors (Lipinski definition) is 2. The van der Waals surface area contributed by atoms with Crippen LogP contribution in [0.15, 0.2) is 0 Å². The molecule has 0 aromatic rings. The lowest BCUT2D eigenvalue weighted by Crippen LogP contribution is -2.46. The summed E-state index contributed by atoms with van der Waals surface area (Å²) in [5, 5.41) is 8.73. The van der Waals surface area contributed by atoms with Crippen LogP contribution in [-0.4, -0.2) is 39.6 Å². The minimum absolute atomic E-state index is 0.387. The zero-order chi connectivity index (χ0) is 10.5. The average Bonchev–Trinajstić information content (AvgIpc) is 2.03.